The molecule has 0 aromatic heterocycles. The predicted octanol–water partition coefficient (Wildman–Crippen LogP) is -0.415. The zero-order valence-electron chi connectivity index (χ0n) is 6.95. The normalized spacial score (nSPS) is 35.2. The van der Waals surface area contributed by atoms with Crippen molar-refractivity contribution < 1.29 is 10.2 Å². The number of aliphatic hydroxyl groups excluding tert-OH is 2. The molecule has 0 radical (unpaired) electrons. The van der Waals surface area contributed by atoms with Crippen molar-refractivity contribution in [1.82, 2.24) is 5.32 Å². The first-order chi connectivity index (χ1) is 5.25. The molecule has 0 aliphatic carbocycles. The highest BCUT2D eigenvalue weighted by atomic mass is 16.3. The third kappa shape index (κ3) is 2.15. The Kier molecular flexibility index (Phi) is 3.30. The molecule has 66 valence electrons. The summed E-state index contributed by atoms with van der Waals surface area (Å²) in [6, 6.07) is 0. The second-order valence-electron chi connectivity index (χ2n) is 3.38. The third-order valence-corrected chi connectivity index (χ3v) is 2.51. The largest absolute Gasteiger partial charge is 0.396 e. The molecule has 1 aliphatic rings. The highest BCUT2D eigenvalue weighted by Crippen LogP contribution is 2.19. The lowest BCUT2D eigenvalue weighted by Gasteiger charge is -2.31. The van der Waals surface area contributed by atoms with Crippen LogP contribution in [0.2, 0.25) is 0 Å². The number of aliphatic hydroxyl groups is 2. The molecule has 3 atom stereocenters. The molecule has 1 rings (SSSR count). The average Bonchev–Trinajstić information content (AvgIpc) is 2.04. The Balaban J connectivity index is 2.40. The lowest BCUT2D eigenvalue weighted by Crippen LogP contribution is -2.43. The van der Waals surface area contributed by atoms with Gasteiger partial charge in [0.15, 0.2) is 0 Å². The van der Waals surface area contributed by atoms with Crippen LogP contribution in [0.15, 0.2) is 0 Å². The fraction of sp³-hybridized carbons (Fsp3) is 1.00. The highest BCUT2D eigenvalue weighted by Gasteiger charge is 2.26. The van der Waals surface area contributed by atoms with Gasteiger partial charge in [-0.2, -0.15) is 0 Å². The summed E-state index contributed by atoms with van der Waals surface area (Å²) < 4.78 is 0. The second kappa shape index (κ2) is 4.04. The summed E-state index contributed by atoms with van der Waals surface area (Å²) in [5.41, 5.74) is 0. The maximum absolute atomic E-state index is 9.52. The van der Waals surface area contributed by atoms with Crippen molar-refractivity contribution in [1.29, 1.82) is 0 Å². The van der Waals surface area contributed by atoms with E-state index in [9.17, 15) is 5.11 Å². The molecular formula is C8H17NO2. The molecule has 3 N–H and O–H groups in total. The van der Waals surface area contributed by atoms with Gasteiger partial charge < -0.3 is 15.5 Å². The Labute approximate surface area is 67.4 Å². The molecule has 0 saturated carbocycles. The third-order valence-electron chi connectivity index (χ3n) is 2.51. The van der Waals surface area contributed by atoms with Gasteiger partial charge in [-0.3, -0.25) is 0 Å². The van der Waals surface area contributed by atoms with E-state index in [0.717, 1.165) is 19.5 Å². The summed E-state index contributed by atoms with van der Waals surface area (Å²) in [4.78, 5) is 0. The van der Waals surface area contributed by atoms with Crippen molar-refractivity contribution in [3.63, 3.8) is 0 Å². The van der Waals surface area contributed by atoms with Crippen molar-refractivity contribution >= 4 is 0 Å². The van der Waals surface area contributed by atoms with Crippen LogP contribution in [0.1, 0.15) is 13.3 Å². The number of piperidine rings is 1. The van der Waals surface area contributed by atoms with E-state index in [1.807, 2.05) is 6.92 Å². The standard InChI is InChI=1S/C8H17NO2/c1-6(5-10)7-4-9-3-2-8(7)11/h6-11H,2-5H2,1H3. The van der Waals surface area contributed by atoms with Crippen LogP contribution in [0, 0.1) is 11.8 Å². The fourth-order valence-electron chi connectivity index (χ4n) is 1.58. The molecule has 3 heteroatoms. The SMILES string of the molecule is CC(CO)C1CNCCC1O. The highest BCUT2D eigenvalue weighted by molar-refractivity contribution is 4.80. The molecule has 1 saturated heterocycles. The zero-order valence-corrected chi connectivity index (χ0v) is 6.95. The molecule has 1 heterocycles. The van der Waals surface area contributed by atoms with Gasteiger partial charge >= 0.3 is 0 Å². The van der Waals surface area contributed by atoms with E-state index in [1.165, 1.54) is 0 Å². The minimum atomic E-state index is -0.224. The fourth-order valence-corrected chi connectivity index (χ4v) is 1.58. The zero-order chi connectivity index (χ0) is 8.27. The summed E-state index contributed by atoms with van der Waals surface area (Å²) >= 11 is 0. The maximum atomic E-state index is 9.52. The molecule has 0 aromatic carbocycles. The predicted molar refractivity (Wildman–Crippen MR) is 43.2 cm³/mol. The molecule has 3 unspecified atom stereocenters. The van der Waals surface area contributed by atoms with E-state index < -0.39 is 0 Å². The van der Waals surface area contributed by atoms with Crippen LogP contribution in [-0.4, -0.2) is 36.0 Å². The Morgan fingerprint density at radius 1 is 1.64 bits per heavy atom. The number of nitrogens with one attached hydrogen (secondary N) is 1. The van der Waals surface area contributed by atoms with Crippen LogP contribution < -0.4 is 5.32 Å². The minimum absolute atomic E-state index is 0.170. The van der Waals surface area contributed by atoms with Gasteiger partial charge in [-0.05, 0) is 18.9 Å². The van der Waals surface area contributed by atoms with E-state index in [-0.39, 0.29) is 24.5 Å². The van der Waals surface area contributed by atoms with Gasteiger partial charge in [-0.1, -0.05) is 6.92 Å². The number of hydrogen-bond acceptors (Lipinski definition) is 3. The van der Waals surface area contributed by atoms with Crippen LogP contribution >= 0.6 is 0 Å². The quantitative estimate of drug-likeness (QED) is 0.513. The van der Waals surface area contributed by atoms with Gasteiger partial charge in [-0.25, -0.2) is 0 Å². The van der Waals surface area contributed by atoms with Crippen LogP contribution in [0.25, 0.3) is 0 Å². The van der Waals surface area contributed by atoms with Crippen LogP contribution in [0.3, 0.4) is 0 Å². The van der Waals surface area contributed by atoms with Crippen LogP contribution in [0.4, 0.5) is 0 Å². The molecular weight excluding hydrogens is 142 g/mol. The van der Waals surface area contributed by atoms with E-state index in [0.29, 0.717) is 0 Å². The summed E-state index contributed by atoms with van der Waals surface area (Å²) in [6.07, 6.45) is 0.591. The summed E-state index contributed by atoms with van der Waals surface area (Å²) in [6.45, 7) is 3.88. The van der Waals surface area contributed by atoms with Crippen molar-refractivity contribution in [3.05, 3.63) is 0 Å². The Morgan fingerprint density at radius 3 is 2.91 bits per heavy atom. The molecule has 0 aromatic rings. The Morgan fingerprint density at radius 2 is 2.36 bits per heavy atom. The molecule has 3 nitrogen and oxygen atoms in total. The van der Waals surface area contributed by atoms with Gasteiger partial charge in [0.2, 0.25) is 0 Å². The van der Waals surface area contributed by atoms with Crippen LogP contribution in [-0.2, 0) is 0 Å². The lowest BCUT2D eigenvalue weighted by molar-refractivity contribution is 0.0329. The van der Waals surface area contributed by atoms with Gasteiger partial charge in [0.05, 0.1) is 6.10 Å². The smallest absolute Gasteiger partial charge is 0.0596 e. The number of rotatable bonds is 2. The second-order valence-corrected chi connectivity index (χ2v) is 3.38. The topological polar surface area (TPSA) is 52.5 Å². The summed E-state index contributed by atoms with van der Waals surface area (Å²) in [5.74, 6) is 0.437. The van der Waals surface area contributed by atoms with Gasteiger partial charge in [0.25, 0.3) is 0 Å². The molecule has 0 spiro atoms. The van der Waals surface area contributed by atoms with Gasteiger partial charge in [-0.15, -0.1) is 0 Å². The lowest BCUT2D eigenvalue weighted by atomic mass is 9.86. The Bertz CT molecular complexity index is 115. The van der Waals surface area contributed by atoms with Crippen LogP contribution in [0.5, 0.6) is 0 Å². The van der Waals surface area contributed by atoms with Crippen molar-refractivity contribution in [3.8, 4) is 0 Å². The first kappa shape index (κ1) is 8.97. The monoisotopic (exact) mass is 159 g/mol. The molecule has 1 aliphatic heterocycles. The van der Waals surface area contributed by atoms with E-state index >= 15 is 0 Å². The first-order valence-electron chi connectivity index (χ1n) is 4.25. The summed E-state index contributed by atoms with van der Waals surface area (Å²) in [5, 5.41) is 21.6. The minimum Gasteiger partial charge on any atom is -0.396 e. The van der Waals surface area contributed by atoms with Crippen molar-refractivity contribution in [2.75, 3.05) is 19.7 Å². The Hall–Kier alpha value is -0.120. The van der Waals surface area contributed by atoms with E-state index in [4.69, 9.17) is 5.11 Å². The van der Waals surface area contributed by atoms with E-state index in [1.54, 1.807) is 0 Å². The van der Waals surface area contributed by atoms with Gasteiger partial charge in [0, 0.05) is 19.1 Å². The van der Waals surface area contributed by atoms with Crippen molar-refractivity contribution in [2.45, 2.75) is 19.4 Å². The molecule has 1 fully saturated rings. The maximum Gasteiger partial charge on any atom is 0.0596 e. The van der Waals surface area contributed by atoms with E-state index in [2.05, 4.69) is 5.32 Å². The average molecular weight is 159 g/mol. The van der Waals surface area contributed by atoms with Crippen molar-refractivity contribution in [2.24, 2.45) is 11.8 Å². The number of hydrogen-bond donors (Lipinski definition) is 3. The summed E-state index contributed by atoms with van der Waals surface area (Å²) in [7, 11) is 0. The molecule has 0 bridgehead atoms. The van der Waals surface area contributed by atoms with Gasteiger partial charge in [0.1, 0.15) is 0 Å². The molecule has 11 heavy (non-hydrogen) atoms. The molecule has 0 amide bonds. The first-order valence-corrected chi connectivity index (χ1v) is 4.25.